The highest BCUT2D eigenvalue weighted by molar-refractivity contribution is 9.10. The van der Waals surface area contributed by atoms with E-state index in [2.05, 4.69) is 27.3 Å². The van der Waals surface area contributed by atoms with Gasteiger partial charge in [-0.2, -0.15) is 5.26 Å². The van der Waals surface area contributed by atoms with Gasteiger partial charge in [0.2, 0.25) is 0 Å². The Balaban J connectivity index is 2.78. The number of benzene rings is 1. The van der Waals surface area contributed by atoms with E-state index in [0.717, 1.165) is 0 Å². The zero-order valence-electron chi connectivity index (χ0n) is 12.4. The highest BCUT2D eigenvalue weighted by Gasteiger charge is 2.32. The fourth-order valence-electron chi connectivity index (χ4n) is 1.47. The van der Waals surface area contributed by atoms with Crippen LogP contribution < -0.4 is 10.1 Å². The molecule has 0 saturated heterocycles. The van der Waals surface area contributed by atoms with E-state index in [9.17, 15) is 10.1 Å². The number of ether oxygens (including phenoxy) is 1. The Hall–Kier alpha value is -1.25. The summed E-state index contributed by atoms with van der Waals surface area (Å²) in [6.45, 7) is 7.09. The molecule has 0 unspecified atom stereocenters. The third-order valence-electron chi connectivity index (χ3n) is 3.34. The second-order valence-corrected chi connectivity index (χ2v) is 6.58. The number of nitriles is 1. The summed E-state index contributed by atoms with van der Waals surface area (Å²) in [6.07, 6.45) is -0.728. The SMILES string of the molecule is CC(C)[C@@](C)(C#N)NC(=O)[C@@H](C)Oc1ccc(Cl)cc1Br. The maximum atomic E-state index is 12.2. The normalized spacial score (nSPS) is 15.0. The first-order valence-electron chi connectivity index (χ1n) is 6.54. The predicted molar refractivity (Wildman–Crippen MR) is 86.2 cm³/mol. The molecule has 0 saturated carbocycles. The summed E-state index contributed by atoms with van der Waals surface area (Å²) in [5.41, 5.74) is -0.925. The topological polar surface area (TPSA) is 62.1 Å². The van der Waals surface area contributed by atoms with Gasteiger partial charge in [0.15, 0.2) is 6.10 Å². The molecule has 0 aliphatic rings. The number of amides is 1. The van der Waals surface area contributed by atoms with Crippen LogP contribution in [0.3, 0.4) is 0 Å². The molecule has 0 aliphatic carbocycles. The molecule has 1 amide bonds. The molecule has 2 atom stereocenters. The fourth-order valence-corrected chi connectivity index (χ4v) is 2.25. The van der Waals surface area contributed by atoms with E-state index >= 15 is 0 Å². The van der Waals surface area contributed by atoms with Crippen LogP contribution in [0.2, 0.25) is 5.02 Å². The number of rotatable bonds is 5. The molecule has 0 bridgehead atoms. The summed E-state index contributed by atoms with van der Waals surface area (Å²) in [5.74, 6) is 0.167. The Morgan fingerprint density at radius 2 is 2.10 bits per heavy atom. The van der Waals surface area contributed by atoms with Crippen molar-refractivity contribution in [1.29, 1.82) is 5.26 Å². The number of nitrogens with one attached hydrogen (secondary N) is 1. The van der Waals surface area contributed by atoms with Crippen molar-refractivity contribution in [3.05, 3.63) is 27.7 Å². The third kappa shape index (κ3) is 4.62. The summed E-state index contributed by atoms with van der Waals surface area (Å²) in [5, 5.41) is 12.5. The van der Waals surface area contributed by atoms with Crippen molar-refractivity contribution >= 4 is 33.4 Å². The van der Waals surface area contributed by atoms with Crippen LogP contribution in [0.4, 0.5) is 0 Å². The Morgan fingerprint density at radius 1 is 1.48 bits per heavy atom. The molecule has 0 aliphatic heterocycles. The molecule has 0 heterocycles. The summed E-state index contributed by atoms with van der Waals surface area (Å²) in [4.78, 5) is 12.2. The van der Waals surface area contributed by atoms with E-state index in [4.69, 9.17) is 16.3 Å². The Kier molecular flexibility index (Phi) is 6.06. The zero-order valence-corrected chi connectivity index (χ0v) is 14.7. The maximum Gasteiger partial charge on any atom is 0.262 e. The van der Waals surface area contributed by atoms with Crippen molar-refractivity contribution in [2.24, 2.45) is 5.92 Å². The molecule has 0 aromatic heterocycles. The summed E-state index contributed by atoms with van der Waals surface area (Å²) in [6, 6.07) is 7.18. The average Bonchev–Trinajstić information content (AvgIpc) is 2.41. The van der Waals surface area contributed by atoms with Gasteiger partial charge in [-0.05, 0) is 53.9 Å². The number of halogens is 2. The number of carbonyl (C=O) groups is 1. The monoisotopic (exact) mass is 372 g/mol. The van der Waals surface area contributed by atoms with Gasteiger partial charge in [0.05, 0.1) is 10.5 Å². The van der Waals surface area contributed by atoms with Crippen LogP contribution >= 0.6 is 27.5 Å². The van der Waals surface area contributed by atoms with Gasteiger partial charge in [0, 0.05) is 5.02 Å². The molecule has 4 nitrogen and oxygen atoms in total. The fraction of sp³-hybridized carbons (Fsp3) is 0.467. The summed E-state index contributed by atoms with van der Waals surface area (Å²) >= 11 is 9.19. The molecule has 114 valence electrons. The molecular weight excluding hydrogens is 356 g/mol. The quantitative estimate of drug-likeness (QED) is 0.850. The van der Waals surface area contributed by atoms with E-state index in [0.29, 0.717) is 15.2 Å². The largest absolute Gasteiger partial charge is 0.480 e. The van der Waals surface area contributed by atoms with Crippen LogP contribution in [-0.4, -0.2) is 17.6 Å². The molecular formula is C15H18BrClN2O2. The summed E-state index contributed by atoms with van der Waals surface area (Å²) < 4.78 is 6.27. The van der Waals surface area contributed by atoms with Crippen molar-refractivity contribution in [2.75, 3.05) is 0 Å². The van der Waals surface area contributed by atoms with Gasteiger partial charge in [-0.1, -0.05) is 25.4 Å². The van der Waals surface area contributed by atoms with Crippen molar-refractivity contribution in [3.63, 3.8) is 0 Å². The lowest BCUT2D eigenvalue weighted by Gasteiger charge is -2.28. The summed E-state index contributed by atoms with van der Waals surface area (Å²) in [7, 11) is 0. The van der Waals surface area contributed by atoms with Gasteiger partial charge >= 0.3 is 0 Å². The zero-order chi connectivity index (χ0) is 16.2. The second-order valence-electron chi connectivity index (χ2n) is 5.29. The Labute approximate surface area is 138 Å². The van der Waals surface area contributed by atoms with Crippen molar-refractivity contribution in [1.82, 2.24) is 5.32 Å². The van der Waals surface area contributed by atoms with Gasteiger partial charge in [-0.25, -0.2) is 0 Å². The van der Waals surface area contributed by atoms with Crippen LogP contribution in [0.5, 0.6) is 5.75 Å². The van der Waals surface area contributed by atoms with Gasteiger partial charge in [0.25, 0.3) is 5.91 Å². The van der Waals surface area contributed by atoms with E-state index in [1.165, 1.54) is 0 Å². The first-order valence-corrected chi connectivity index (χ1v) is 7.71. The lowest BCUT2D eigenvalue weighted by molar-refractivity contribution is -0.129. The molecule has 0 radical (unpaired) electrons. The van der Waals surface area contributed by atoms with Crippen LogP contribution in [0.15, 0.2) is 22.7 Å². The molecule has 0 fully saturated rings. The molecule has 1 rings (SSSR count). The number of hydrogen-bond acceptors (Lipinski definition) is 3. The van der Waals surface area contributed by atoms with E-state index < -0.39 is 11.6 Å². The van der Waals surface area contributed by atoms with E-state index in [1.807, 2.05) is 13.8 Å². The average molecular weight is 374 g/mol. The van der Waals surface area contributed by atoms with Gasteiger partial charge < -0.3 is 10.1 Å². The lowest BCUT2D eigenvalue weighted by atomic mass is 9.90. The van der Waals surface area contributed by atoms with Crippen LogP contribution in [0, 0.1) is 17.2 Å². The number of carbonyl (C=O) groups excluding carboxylic acids is 1. The minimum atomic E-state index is -0.925. The Bertz CT molecular complexity index is 571. The predicted octanol–water partition coefficient (Wildman–Crippen LogP) is 3.92. The van der Waals surface area contributed by atoms with Crippen LogP contribution in [0.1, 0.15) is 27.7 Å². The smallest absolute Gasteiger partial charge is 0.262 e. The number of hydrogen-bond donors (Lipinski definition) is 1. The molecule has 6 heteroatoms. The van der Waals surface area contributed by atoms with Crippen molar-refractivity contribution in [2.45, 2.75) is 39.3 Å². The van der Waals surface area contributed by atoms with Crippen LogP contribution in [0.25, 0.3) is 0 Å². The molecule has 1 aromatic rings. The van der Waals surface area contributed by atoms with Gasteiger partial charge in [0.1, 0.15) is 11.3 Å². The van der Waals surface area contributed by atoms with E-state index in [-0.39, 0.29) is 11.8 Å². The Morgan fingerprint density at radius 3 is 2.57 bits per heavy atom. The molecule has 1 aromatic carbocycles. The van der Waals surface area contributed by atoms with Gasteiger partial charge in [-0.15, -0.1) is 0 Å². The second kappa shape index (κ2) is 7.15. The standard InChI is InChI=1S/C15H18BrClN2O2/c1-9(2)15(4,8-18)19-14(20)10(3)21-13-6-5-11(17)7-12(13)16/h5-7,9-10H,1-4H3,(H,19,20)/t10-,15-/m1/s1. The first-order chi connectivity index (χ1) is 9.69. The van der Waals surface area contributed by atoms with Crippen molar-refractivity contribution < 1.29 is 9.53 Å². The van der Waals surface area contributed by atoms with E-state index in [1.54, 1.807) is 32.0 Å². The molecule has 1 N–H and O–H groups in total. The highest BCUT2D eigenvalue weighted by atomic mass is 79.9. The lowest BCUT2D eigenvalue weighted by Crippen LogP contribution is -2.52. The number of nitrogens with zero attached hydrogens (tertiary/aromatic N) is 1. The molecule has 21 heavy (non-hydrogen) atoms. The van der Waals surface area contributed by atoms with Crippen molar-refractivity contribution in [3.8, 4) is 11.8 Å². The molecule has 0 spiro atoms. The minimum Gasteiger partial charge on any atom is -0.480 e. The van der Waals surface area contributed by atoms with Crippen LogP contribution in [-0.2, 0) is 4.79 Å². The highest BCUT2D eigenvalue weighted by Crippen LogP contribution is 2.29. The van der Waals surface area contributed by atoms with Gasteiger partial charge in [-0.3, -0.25) is 4.79 Å². The maximum absolute atomic E-state index is 12.2. The third-order valence-corrected chi connectivity index (χ3v) is 4.19. The first kappa shape index (κ1) is 17.8. The minimum absolute atomic E-state index is 0.0130.